The molecule has 1 aromatic rings. The van der Waals surface area contributed by atoms with Gasteiger partial charge in [0.2, 0.25) is 5.88 Å². The summed E-state index contributed by atoms with van der Waals surface area (Å²) in [4.78, 5) is 14.7. The van der Waals surface area contributed by atoms with Crippen LogP contribution in [-0.4, -0.2) is 31.2 Å². The van der Waals surface area contributed by atoms with Crippen molar-refractivity contribution in [3.8, 4) is 5.88 Å². The molecule has 1 heterocycles. The second-order valence-electron chi connectivity index (χ2n) is 2.80. The van der Waals surface area contributed by atoms with Crippen LogP contribution in [0, 0.1) is 0 Å². The van der Waals surface area contributed by atoms with Gasteiger partial charge in [0.1, 0.15) is 12.3 Å². The Kier molecular flexibility index (Phi) is 3.87. The molecule has 0 saturated carbocycles. The summed E-state index contributed by atoms with van der Waals surface area (Å²) in [5, 5.41) is 0. The van der Waals surface area contributed by atoms with Crippen LogP contribution in [0.4, 0.5) is 5.69 Å². The van der Waals surface area contributed by atoms with Gasteiger partial charge in [-0.2, -0.15) is 0 Å². The SMILES string of the molecule is COCCOc1nc(C(N)=O)ccc1N. The average molecular weight is 211 g/mol. The molecule has 1 rings (SSSR count). The molecule has 1 aromatic heterocycles. The third-order valence-corrected chi connectivity index (χ3v) is 1.67. The molecule has 0 atom stereocenters. The molecular weight excluding hydrogens is 198 g/mol. The Hall–Kier alpha value is -1.82. The lowest BCUT2D eigenvalue weighted by Gasteiger charge is -2.07. The maximum Gasteiger partial charge on any atom is 0.267 e. The molecule has 0 aliphatic carbocycles. The number of hydrogen-bond acceptors (Lipinski definition) is 5. The van der Waals surface area contributed by atoms with Crippen molar-refractivity contribution in [1.29, 1.82) is 0 Å². The number of carbonyl (C=O) groups excluding carboxylic acids is 1. The summed E-state index contributed by atoms with van der Waals surface area (Å²) in [6.45, 7) is 0.734. The first-order chi connectivity index (χ1) is 7.15. The fourth-order valence-corrected chi connectivity index (χ4v) is 0.926. The number of amides is 1. The van der Waals surface area contributed by atoms with E-state index in [9.17, 15) is 4.79 Å². The molecule has 6 nitrogen and oxygen atoms in total. The molecule has 0 aliphatic rings. The number of pyridine rings is 1. The van der Waals surface area contributed by atoms with Crippen LogP contribution < -0.4 is 16.2 Å². The number of methoxy groups -OCH3 is 1. The predicted molar refractivity (Wildman–Crippen MR) is 54.5 cm³/mol. The summed E-state index contributed by atoms with van der Waals surface area (Å²) in [5.74, 6) is -0.421. The predicted octanol–water partition coefficient (Wildman–Crippen LogP) is -0.212. The molecule has 0 aliphatic heterocycles. The third-order valence-electron chi connectivity index (χ3n) is 1.67. The summed E-state index contributed by atoms with van der Waals surface area (Å²) >= 11 is 0. The number of aromatic nitrogens is 1. The minimum atomic E-state index is -0.619. The van der Waals surface area contributed by atoms with Crippen molar-refractivity contribution in [2.45, 2.75) is 0 Å². The first-order valence-electron chi connectivity index (χ1n) is 4.33. The molecule has 0 bridgehead atoms. The Morgan fingerprint density at radius 3 is 2.80 bits per heavy atom. The molecule has 82 valence electrons. The molecule has 15 heavy (non-hydrogen) atoms. The normalized spacial score (nSPS) is 9.93. The van der Waals surface area contributed by atoms with Crippen LogP contribution in [0.1, 0.15) is 10.5 Å². The summed E-state index contributed by atoms with van der Waals surface area (Å²) in [6, 6.07) is 2.97. The van der Waals surface area contributed by atoms with Gasteiger partial charge in [-0.25, -0.2) is 4.98 Å². The van der Waals surface area contributed by atoms with Gasteiger partial charge in [0.05, 0.1) is 12.3 Å². The topological polar surface area (TPSA) is 100 Å². The molecule has 6 heteroatoms. The summed E-state index contributed by atoms with van der Waals surface area (Å²) in [6.07, 6.45) is 0. The van der Waals surface area contributed by atoms with Crippen molar-refractivity contribution in [1.82, 2.24) is 4.98 Å². The lowest BCUT2D eigenvalue weighted by Crippen LogP contribution is -2.15. The van der Waals surface area contributed by atoms with Crippen molar-refractivity contribution in [2.75, 3.05) is 26.1 Å². The second kappa shape index (κ2) is 5.16. The highest BCUT2D eigenvalue weighted by Gasteiger charge is 2.07. The lowest BCUT2D eigenvalue weighted by atomic mass is 10.3. The van der Waals surface area contributed by atoms with E-state index in [0.29, 0.717) is 18.9 Å². The maximum atomic E-state index is 10.8. The van der Waals surface area contributed by atoms with Gasteiger partial charge in [-0.05, 0) is 12.1 Å². The van der Waals surface area contributed by atoms with Gasteiger partial charge in [0.15, 0.2) is 0 Å². The van der Waals surface area contributed by atoms with E-state index in [0.717, 1.165) is 0 Å². The van der Waals surface area contributed by atoms with Gasteiger partial charge < -0.3 is 20.9 Å². The molecule has 0 fully saturated rings. The fourth-order valence-electron chi connectivity index (χ4n) is 0.926. The summed E-state index contributed by atoms with van der Waals surface area (Å²) < 4.78 is 10.00. The molecule has 0 aromatic carbocycles. The van der Waals surface area contributed by atoms with Crippen LogP contribution in [0.25, 0.3) is 0 Å². The summed E-state index contributed by atoms with van der Waals surface area (Å²) in [7, 11) is 1.56. The highest BCUT2D eigenvalue weighted by molar-refractivity contribution is 5.91. The number of nitrogens with two attached hydrogens (primary N) is 2. The average Bonchev–Trinajstić information content (AvgIpc) is 2.20. The Balaban J connectivity index is 2.76. The van der Waals surface area contributed by atoms with E-state index in [1.807, 2.05) is 0 Å². The Morgan fingerprint density at radius 1 is 1.47 bits per heavy atom. The lowest BCUT2D eigenvalue weighted by molar-refractivity contribution is 0.0993. The molecule has 0 unspecified atom stereocenters. The largest absolute Gasteiger partial charge is 0.474 e. The van der Waals surface area contributed by atoms with Gasteiger partial charge in [0.25, 0.3) is 5.91 Å². The second-order valence-corrected chi connectivity index (χ2v) is 2.80. The molecule has 0 spiro atoms. The molecule has 0 radical (unpaired) electrons. The van der Waals surface area contributed by atoms with Crippen molar-refractivity contribution >= 4 is 11.6 Å². The van der Waals surface area contributed by atoms with Crippen LogP contribution in [0.2, 0.25) is 0 Å². The minimum Gasteiger partial charge on any atom is -0.474 e. The van der Waals surface area contributed by atoms with Gasteiger partial charge in [0, 0.05) is 7.11 Å². The highest BCUT2D eigenvalue weighted by atomic mass is 16.5. The van der Waals surface area contributed by atoms with Crippen LogP contribution in [0.5, 0.6) is 5.88 Å². The molecular formula is C9H13N3O3. The first-order valence-corrected chi connectivity index (χ1v) is 4.33. The van der Waals surface area contributed by atoms with Gasteiger partial charge in [-0.1, -0.05) is 0 Å². The van der Waals surface area contributed by atoms with Crippen LogP contribution in [-0.2, 0) is 4.74 Å². The van der Waals surface area contributed by atoms with Crippen molar-refractivity contribution in [2.24, 2.45) is 5.73 Å². The number of primary amides is 1. The number of ether oxygens (including phenoxy) is 2. The number of carbonyl (C=O) groups is 1. The number of anilines is 1. The zero-order valence-corrected chi connectivity index (χ0v) is 8.40. The number of nitrogens with zero attached hydrogens (tertiary/aromatic N) is 1. The van der Waals surface area contributed by atoms with Crippen molar-refractivity contribution in [3.63, 3.8) is 0 Å². The number of hydrogen-bond donors (Lipinski definition) is 2. The summed E-state index contributed by atoms with van der Waals surface area (Å²) in [5.41, 5.74) is 11.1. The van der Waals surface area contributed by atoms with E-state index in [1.165, 1.54) is 12.1 Å². The van der Waals surface area contributed by atoms with Crippen molar-refractivity contribution in [3.05, 3.63) is 17.8 Å². The van der Waals surface area contributed by atoms with E-state index >= 15 is 0 Å². The first kappa shape index (κ1) is 11.3. The Bertz CT molecular complexity index is 354. The number of rotatable bonds is 5. The minimum absolute atomic E-state index is 0.122. The van der Waals surface area contributed by atoms with Crippen molar-refractivity contribution < 1.29 is 14.3 Å². The quantitative estimate of drug-likeness (QED) is 0.656. The van der Waals surface area contributed by atoms with E-state index < -0.39 is 5.91 Å². The Morgan fingerprint density at radius 2 is 2.20 bits per heavy atom. The maximum absolute atomic E-state index is 10.8. The van der Waals surface area contributed by atoms with E-state index in [-0.39, 0.29) is 11.6 Å². The van der Waals surface area contributed by atoms with E-state index in [2.05, 4.69) is 4.98 Å². The van der Waals surface area contributed by atoms with Crippen LogP contribution >= 0.6 is 0 Å². The highest BCUT2D eigenvalue weighted by Crippen LogP contribution is 2.17. The van der Waals surface area contributed by atoms with E-state index in [1.54, 1.807) is 7.11 Å². The standard InChI is InChI=1S/C9H13N3O3/c1-14-4-5-15-9-6(10)2-3-7(12-9)8(11)13/h2-3H,4-5,10H2,1H3,(H2,11,13). The van der Waals surface area contributed by atoms with Crippen LogP contribution in [0.3, 0.4) is 0 Å². The molecule has 1 amide bonds. The smallest absolute Gasteiger partial charge is 0.267 e. The van der Waals surface area contributed by atoms with Gasteiger partial charge >= 0.3 is 0 Å². The van der Waals surface area contributed by atoms with Gasteiger partial charge in [-0.15, -0.1) is 0 Å². The number of nitrogen functional groups attached to an aromatic ring is 1. The monoisotopic (exact) mass is 211 g/mol. The Labute approximate surface area is 87.2 Å². The zero-order chi connectivity index (χ0) is 11.3. The molecule has 0 saturated heterocycles. The third kappa shape index (κ3) is 3.10. The zero-order valence-electron chi connectivity index (χ0n) is 8.40. The fraction of sp³-hybridized carbons (Fsp3) is 0.333. The molecule has 4 N–H and O–H groups in total. The van der Waals surface area contributed by atoms with E-state index in [4.69, 9.17) is 20.9 Å². The van der Waals surface area contributed by atoms with Gasteiger partial charge in [-0.3, -0.25) is 4.79 Å². The van der Waals surface area contributed by atoms with Crippen LogP contribution in [0.15, 0.2) is 12.1 Å².